The molecule has 0 saturated carbocycles. The summed E-state index contributed by atoms with van der Waals surface area (Å²) in [7, 11) is 0. The van der Waals surface area contributed by atoms with E-state index in [0.29, 0.717) is 69.9 Å². The highest BCUT2D eigenvalue weighted by Gasteiger charge is 2.31. The first-order valence-electron chi connectivity index (χ1n) is 12.9. The van der Waals surface area contributed by atoms with E-state index in [9.17, 15) is 9.59 Å². The monoisotopic (exact) mass is 513 g/mol. The number of pyridine rings is 1. The van der Waals surface area contributed by atoms with Gasteiger partial charge in [0.1, 0.15) is 11.9 Å². The molecule has 0 spiro atoms. The van der Waals surface area contributed by atoms with Crippen molar-refractivity contribution < 1.29 is 9.53 Å². The Morgan fingerprint density at radius 2 is 1.97 bits per heavy atom. The fourth-order valence-electron chi connectivity index (χ4n) is 5.14. The van der Waals surface area contributed by atoms with Crippen LogP contribution in [0.5, 0.6) is 0 Å². The van der Waals surface area contributed by atoms with Crippen molar-refractivity contribution in [2.45, 2.75) is 32.4 Å². The van der Waals surface area contributed by atoms with Gasteiger partial charge in [0.2, 0.25) is 5.91 Å². The molecule has 10 nitrogen and oxygen atoms in total. The van der Waals surface area contributed by atoms with Crippen LogP contribution in [0.1, 0.15) is 41.1 Å². The van der Waals surface area contributed by atoms with Gasteiger partial charge in [-0.2, -0.15) is 10.4 Å². The highest BCUT2D eigenvalue weighted by molar-refractivity contribution is 5.76. The highest BCUT2D eigenvalue weighted by Crippen LogP contribution is 2.38. The van der Waals surface area contributed by atoms with E-state index >= 15 is 0 Å². The molecule has 2 aliphatic heterocycles. The van der Waals surface area contributed by atoms with Crippen LogP contribution in [-0.4, -0.2) is 65.4 Å². The average Bonchev–Trinajstić information content (AvgIpc) is 3.32. The molecule has 1 amide bonds. The number of piperazine rings is 1. The van der Waals surface area contributed by atoms with Gasteiger partial charge < -0.3 is 19.4 Å². The molecule has 3 aromatic rings. The summed E-state index contributed by atoms with van der Waals surface area (Å²) in [5.41, 5.74) is 4.20. The van der Waals surface area contributed by atoms with E-state index in [4.69, 9.17) is 10.00 Å². The maximum atomic E-state index is 12.8. The van der Waals surface area contributed by atoms with E-state index in [2.05, 4.69) is 43.2 Å². The summed E-state index contributed by atoms with van der Waals surface area (Å²) < 4.78 is 6.07. The number of carbonyl (C=O) groups excluding carboxylic acids is 1. The predicted octanol–water partition coefficient (Wildman–Crippen LogP) is 2.55. The number of ether oxygens (including phenoxy) is 1. The van der Waals surface area contributed by atoms with Gasteiger partial charge in [0.25, 0.3) is 5.56 Å². The van der Waals surface area contributed by atoms with Crippen LogP contribution in [0.4, 0.5) is 11.5 Å². The molecular formula is C28H31N7O3. The fourth-order valence-corrected chi connectivity index (χ4v) is 5.14. The van der Waals surface area contributed by atoms with Crippen molar-refractivity contribution in [3.8, 4) is 6.07 Å². The number of nitrogens with one attached hydrogen (secondary N) is 1. The van der Waals surface area contributed by atoms with Gasteiger partial charge in [-0.15, -0.1) is 0 Å². The summed E-state index contributed by atoms with van der Waals surface area (Å²) in [6, 6.07) is 13.9. The zero-order valence-corrected chi connectivity index (χ0v) is 21.5. The quantitative estimate of drug-likeness (QED) is 0.457. The van der Waals surface area contributed by atoms with Gasteiger partial charge in [0, 0.05) is 57.5 Å². The predicted molar refractivity (Wildman–Crippen MR) is 143 cm³/mol. The van der Waals surface area contributed by atoms with Gasteiger partial charge >= 0.3 is 0 Å². The SMILES string of the molecule is Cc1c(N2Cc3ccccc3[C@@H]2COCCCC(=O)N2CCN(c3ccc(C#N)cn3)CC2)cn[nH]c1=O. The Hall–Kier alpha value is -4.23. The largest absolute Gasteiger partial charge is 0.379 e. The number of aromatic nitrogens is 3. The number of carbonyl (C=O) groups is 1. The second kappa shape index (κ2) is 11.4. The topological polar surface area (TPSA) is 118 Å². The normalized spacial score (nSPS) is 16.8. The molecule has 196 valence electrons. The van der Waals surface area contributed by atoms with Crippen molar-refractivity contribution in [1.82, 2.24) is 20.1 Å². The molecule has 1 aromatic carbocycles. The van der Waals surface area contributed by atoms with Crippen LogP contribution < -0.4 is 15.4 Å². The Labute approximate surface area is 221 Å². The minimum atomic E-state index is -0.189. The van der Waals surface area contributed by atoms with E-state index in [1.807, 2.05) is 30.0 Å². The smallest absolute Gasteiger partial charge is 0.269 e. The van der Waals surface area contributed by atoms with E-state index in [1.54, 1.807) is 18.5 Å². The zero-order valence-electron chi connectivity index (χ0n) is 21.5. The number of amides is 1. The van der Waals surface area contributed by atoms with Crippen LogP contribution in [-0.2, 0) is 16.1 Å². The number of nitriles is 1. The standard InChI is InChI=1S/C28H31N7O3/c1-20-24(17-31-32-28(20)37)35-18-22-5-2-3-6-23(22)25(35)19-38-14-4-7-27(36)34-12-10-33(11-13-34)26-9-8-21(15-29)16-30-26/h2-3,5-6,8-9,16-17,25H,4,7,10-14,18-19H2,1H3,(H,32,37)/t25-/m0/s1. The maximum absolute atomic E-state index is 12.8. The van der Waals surface area contributed by atoms with Crippen molar-refractivity contribution in [2.24, 2.45) is 0 Å². The van der Waals surface area contributed by atoms with Crippen molar-refractivity contribution in [2.75, 3.05) is 49.2 Å². The van der Waals surface area contributed by atoms with Crippen molar-refractivity contribution in [1.29, 1.82) is 5.26 Å². The van der Waals surface area contributed by atoms with Crippen molar-refractivity contribution in [3.05, 3.63) is 81.4 Å². The second-order valence-electron chi connectivity index (χ2n) is 9.62. The third kappa shape index (κ3) is 5.38. The van der Waals surface area contributed by atoms with E-state index in [1.165, 1.54) is 11.1 Å². The molecule has 0 unspecified atom stereocenters. The summed E-state index contributed by atoms with van der Waals surface area (Å²) in [5, 5.41) is 15.4. The molecule has 10 heteroatoms. The summed E-state index contributed by atoms with van der Waals surface area (Å²) in [5.74, 6) is 0.970. The number of rotatable bonds is 8. The molecule has 1 N–H and O–H groups in total. The number of nitrogens with zero attached hydrogens (tertiary/aromatic N) is 6. The van der Waals surface area contributed by atoms with E-state index in [0.717, 1.165) is 11.5 Å². The lowest BCUT2D eigenvalue weighted by Crippen LogP contribution is -2.49. The minimum Gasteiger partial charge on any atom is -0.379 e. The zero-order chi connectivity index (χ0) is 26.5. The van der Waals surface area contributed by atoms with Gasteiger partial charge in [0.05, 0.1) is 30.1 Å². The first kappa shape index (κ1) is 25.4. The summed E-state index contributed by atoms with van der Waals surface area (Å²) in [4.78, 5) is 35.5. The minimum absolute atomic E-state index is 0.0203. The number of H-pyrrole nitrogens is 1. The number of hydrogen-bond acceptors (Lipinski definition) is 8. The Balaban J connectivity index is 1.10. The number of benzene rings is 1. The molecule has 1 saturated heterocycles. The molecular weight excluding hydrogens is 482 g/mol. The van der Waals surface area contributed by atoms with Crippen LogP contribution in [0.2, 0.25) is 0 Å². The molecule has 1 fully saturated rings. The Bertz CT molecular complexity index is 1370. The summed E-state index contributed by atoms with van der Waals surface area (Å²) in [6.45, 7) is 6.19. The number of aromatic amines is 1. The lowest BCUT2D eigenvalue weighted by molar-refractivity contribution is -0.131. The third-order valence-corrected chi connectivity index (χ3v) is 7.31. The number of fused-ring (bicyclic) bond motifs is 1. The Morgan fingerprint density at radius 1 is 1.16 bits per heavy atom. The van der Waals surface area contributed by atoms with Gasteiger partial charge in [0.15, 0.2) is 0 Å². The van der Waals surface area contributed by atoms with E-state index < -0.39 is 0 Å². The Kier molecular flexibility index (Phi) is 7.65. The first-order valence-corrected chi connectivity index (χ1v) is 12.9. The lowest BCUT2D eigenvalue weighted by Gasteiger charge is -2.35. The lowest BCUT2D eigenvalue weighted by atomic mass is 10.1. The van der Waals surface area contributed by atoms with Gasteiger partial charge in [-0.05, 0) is 36.6 Å². The molecule has 4 heterocycles. The molecule has 38 heavy (non-hydrogen) atoms. The molecule has 5 rings (SSSR count). The van der Waals surface area contributed by atoms with Crippen molar-refractivity contribution >= 4 is 17.4 Å². The molecule has 2 aliphatic rings. The molecule has 1 atom stereocenters. The van der Waals surface area contributed by atoms with Gasteiger partial charge in [-0.3, -0.25) is 9.59 Å². The third-order valence-electron chi connectivity index (χ3n) is 7.31. The van der Waals surface area contributed by atoms with Gasteiger partial charge in [-0.25, -0.2) is 10.1 Å². The number of anilines is 2. The van der Waals surface area contributed by atoms with Crippen LogP contribution in [0, 0.1) is 18.3 Å². The molecule has 0 radical (unpaired) electrons. The summed E-state index contributed by atoms with van der Waals surface area (Å²) >= 11 is 0. The fraction of sp³-hybridized carbons (Fsp3) is 0.393. The average molecular weight is 514 g/mol. The van der Waals surface area contributed by atoms with Crippen molar-refractivity contribution in [3.63, 3.8) is 0 Å². The van der Waals surface area contributed by atoms with E-state index in [-0.39, 0.29) is 17.5 Å². The Morgan fingerprint density at radius 3 is 2.74 bits per heavy atom. The van der Waals surface area contributed by atoms with Crippen LogP contribution >= 0.6 is 0 Å². The maximum Gasteiger partial charge on any atom is 0.269 e. The molecule has 0 bridgehead atoms. The molecule has 2 aromatic heterocycles. The summed E-state index contributed by atoms with van der Waals surface area (Å²) in [6.07, 6.45) is 4.37. The second-order valence-corrected chi connectivity index (χ2v) is 9.62. The van der Waals surface area contributed by atoms with Crippen LogP contribution in [0.25, 0.3) is 0 Å². The van der Waals surface area contributed by atoms with Crippen LogP contribution in [0.15, 0.2) is 53.6 Å². The van der Waals surface area contributed by atoms with Crippen LogP contribution in [0.3, 0.4) is 0 Å². The highest BCUT2D eigenvalue weighted by atomic mass is 16.5. The van der Waals surface area contributed by atoms with Gasteiger partial charge in [-0.1, -0.05) is 24.3 Å². The first-order chi connectivity index (χ1) is 18.5. The number of hydrogen-bond donors (Lipinski definition) is 1. The molecule has 0 aliphatic carbocycles.